The summed E-state index contributed by atoms with van der Waals surface area (Å²) in [4.78, 5) is 4.29. The number of rotatable bonds is 2. The fourth-order valence-electron chi connectivity index (χ4n) is 2.79. The van der Waals surface area contributed by atoms with Gasteiger partial charge in [-0.2, -0.15) is 4.98 Å². The van der Waals surface area contributed by atoms with E-state index in [4.69, 9.17) is 4.52 Å². The lowest BCUT2D eigenvalue weighted by molar-refractivity contribution is 0.148. The van der Waals surface area contributed by atoms with Crippen molar-refractivity contribution in [3.8, 4) is 0 Å². The fourth-order valence-corrected chi connectivity index (χ4v) is 4.53. The minimum Gasteiger partial charge on any atom is -0.392 e. The number of hydrogen-bond acceptors (Lipinski definition) is 6. The first kappa shape index (κ1) is 12.1. The molecule has 18 heavy (non-hydrogen) atoms. The molecule has 3 rings (SSSR count). The number of nitrogens with zero attached hydrogens (tertiary/aromatic N) is 2. The maximum absolute atomic E-state index is 11.4. The average Bonchev–Trinajstić information content (AvgIpc) is 2.97. The molecule has 0 radical (unpaired) electrons. The summed E-state index contributed by atoms with van der Waals surface area (Å²) in [7, 11) is -2.94. The molecule has 0 bridgehead atoms. The summed E-state index contributed by atoms with van der Waals surface area (Å²) in [6.07, 6.45) is 2.73. The van der Waals surface area contributed by atoms with Crippen LogP contribution in [0.15, 0.2) is 4.52 Å². The fraction of sp³-hybridized carbons (Fsp3) is 0.818. The zero-order chi connectivity index (χ0) is 12.8. The number of hydrogen-bond donors (Lipinski definition) is 1. The molecule has 2 heterocycles. The highest BCUT2D eigenvalue weighted by atomic mass is 32.2. The van der Waals surface area contributed by atoms with Crippen molar-refractivity contribution in [1.82, 2.24) is 10.1 Å². The second-order valence-corrected chi connectivity index (χ2v) is 7.42. The van der Waals surface area contributed by atoms with Crippen molar-refractivity contribution in [3.63, 3.8) is 0 Å². The second-order valence-electron chi connectivity index (χ2n) is 5.20. The van der Waals surface area contributed by atoms with Crippen LogP contribution in [0.1, 0.15) is 49.2 Å². The summed E-state index contributed by atoms with van der Waals surface area (Å²) in [5, 5.41) is 13.7. The molecule has 3 unspecified atom stereocenters. The van der Waals surface area contributed by atoms with E-state index in [0.717, 1.165) is 19.3 Å². The lowest BCUT2D eigenvalue weighted by Gasteiger charge is -2.07. The molecule has 2 aliphatic rings. The van der Waals surface area contributed by atoms with Gasteiger partial charge in [0.1, 0.15) is 0 Å². The Balaban J connectivity index is 1.78. The maximum Gasteiger partial charge on any atom is 0.232 e. The second kappa shape index (κ2) is 4.31. The van der Waals surface area contributed by atoms with Gasteiger partial charge >= 0.3 is 0 Å². The minimum atomic E-state index is -2.94. The third kappa shape index (κ3) is 2.16. The van der Waals surface area contributed by atoms with E-state index in [9.17, 15) is 13.5 Å². The van der Waals surface area contributed by atoms with Crippen molar-refractivity contribution in [2.75, 3.05) is 11.5 Å². The average molecular weight is 272 g/mol. The van der Waals surface area contributed by atoms with E-state index >= 15 is 0 Å². The summed E-state index contributed by atoms with van der Waals surface area (Å²) in [6, 6.07) is 0. The Morgan fingerprint density at radius 2 is 2.11 bits per heavy atom. The zero-order valence-electron chi connectivity index (χ0n) is 9.95. The predicted molar refractivity (Wildman–Crippen MR) is 62.9 cm³/mol. The van der Waals surface area contributed by atoms with Gasteiger partial charge in [-0.1, -0.05) is 5.16 Å². The molecule has 1 aromatic rings. The normalized spacial score (nSPS) is 35.1. The molecule has 100 valence electrons. The lowest BCUT2D eigenvalue weighted by Crippen LogP contribution is -2.11. The van der Waals surface area contributed by atoms with Gasteiger partial charge in [-0.3, -0.25) is 0 Å². The Kier molecular flexibility index (Phi) is 2.90. The van der Waals surface area contributed by atoms with Crippen molar-refractivity contribution in [2.24, 2.45) is 0 Å². The molecule has 3 atom stereocenters. The van der Waals surface area contributed by atoms with Gasteiger partial charge in [0.2, 0.25) is 5.89 Å². The van der Waals surface area contributed by atoms with Crippen molar-refractivity contribution in [1.29, 1.82) is 0 Å². The van der Waals surface area contributed by atoms with Gasteiger partial charge < -0.3 is 9.63 Å². The predicted octanol–water partition coefficient (Wildman–Crippen LogP) is 0.600. The SMILES string of the molecule is O=S1(=O)CCC(c2noc(C3CCCC3O)n2)C1. The molecule has 0 amide bonds. The van der Waals surface area contributed by atoms with Crippen LogP contribution in [0.3, 0.4) is 0 Å². The maximum atomic E-state index is 11.4. The van der Waals surface area contributed by atoms with Crippen LogP contribution >= 0.6 is 0 Å². The molecule has 2 fully saturated rings. The number of aliphatic hydroxyl groups is 1. The summed E-state index contributed by atoms with van der Waals surface area (Å²) < 4.78 is 28.0. The Hall–Kier alpha value is -0.950. The minimum absolute atomic E-state index is 0.0794. The van der Waals surface area contributed by atoms with E-state index in [2.05, 4.69) is 10.1 Å². The van der Waals surface area contributed by atoms with Crippen LogP contribution in [0, 0.1) is 0 Å². The summed E-state index contributed by atoms with van der Waals surface area (Å²) in [5.41, 5.74) is 0. The summed E-state index contributed by atoms with van der Waals surface area (Å²) >= 11 is 0. The molecule has 1 aliphatic carbocycles. The zero-order valence-corrected chi connectivity index (χ0v) is 10.8. The van der Waals surface area contributed by atoms with Crippen LogP contribution in [0.25, 0.3) is 0 Å². The molecule has 1 saturated carbocycles. The third-order valence-corrected chi connectivity index (χ3v) is 5.62. The molecule has 0 spiro atoms. The van der Waals surface area contributed by atoms with Gasteiger partial charge in [0.25, 0.3) is 0 Å². The van der Waals surface area contributed by atoms with Crippen molar-refractivity contribution in [2.45, 2.75) is 43.6 Å². The van der Waals surface area contributed by atoms with E-state index in [0.29, 0.717) is 18.1 Å². The van der Waals surface area contributed by atoms with Crippen molar-refractivity contribution < 1.29 is 18.0 Å². The largest absolute Gasteiger partial charge is 0.392 e. The molecule has 1 aliphatic heterocycles. The van der Waals surface area contributed by atoms with Crippen LogP contribution in [0.5, 0.6) is 0 Å². The Bertz CT molecular complexity index is 539. The number of aliphatic hydroxyl groups excluding tert-OH is 1. The number of aromatic nitrogens is 2. The van der Waals surface area contributed by atoms with Gasteiger partial charge in [-0.25, -0.2) is 8.42 Å². The van der Waals surface area contributed by atoms with Crippen molar-refractivity contribution in [3.05, 3.63) is 11.7 Å². The van der Waals surface area contributed by atoms with E-state index in [-0.39, 0.29) is 23.3 Å². The standard InChI is InChI=1S/C11H16N2O4S/c14-9-3-1-2-8(9)11-12-10(13-17-11)7-4-5-18(15,16)6-7/h7-9,14H,1-6H2. The molecular formula is C11H16N2O4S. The Labute approximate surface area is 105 Å². The molecular weight excluding hydrogens is 256 g/mol. The van der Waals surface area contributed by atoms with Crippen LogP contribution in [-0.2, 0) is 9.84 Å². The van der Waals surface area contributed by atoms with E-state index in [1.165, 1.54) is 0 Å². The summed E-state index contributed by atoms with van der Waals surface area (Å²) in [6.45, 7) is 0. The highest BCUT2D eigenvalue weighted by Crippen LogP contribution is 2.35. The lowest BCUT2D eigenvalue weighted by atomic mass is 10.1. The first-order chi connectivity index (χ1) is 8.55. The summed E-state index contributed by atoms with van der Waals surface area (Å²) in [5.74, 6) is 1.02. The molecule has 1 aromatic heterocycles. The van der Waals surface area contributed by atoms with Gasteiger partial charge in [-0.15, -0.1) is 0 Å². The molecule has 1 N–H and O–H groups in total. The Morgan fingerprint density at radius 3 is 2.72 bits per heavy atom. The quantitative estimate of drug-likeness (QED) is 0.847. The monoisotopic (exact) mass is 272 g/mol. The van der Waals surface area contributed by atoms with Crippen LogP contribution < -0.4 is 0 Å². The Morgan fingerprint density at radius 1 is 1.28 bits per heavy atom. The highest BCUT2D eigenvalue weighted by Gasteiger charge is 2.35. The van der Waals surface area contributed by atoms with E-state index < -0.39 is 15.9 Å². The van der Waals surface area contributed by atoms with Crippen molar-refractivity contribution >= 4 is 9.84 Å². The van der Waals surface area contributed by atoms with Crippen LogP contribution in [-0.4, -0.2) is 41.3 Å². The van der Waals surface area contributed by atoms with Gasteiger partial charge in [0, 0.05) is 5.92 Å². The van der Waals surface area contributed by atoms with Gasteiger partial charge in [0.15, 0.2) is 15.7 Å². The molecule has 6 nitrogen and oxygen atoms in total. The highest BCUT2D eigenvalue weighted by molar-refractivity contribution is 7.91. The molecule has 7 heteroatoms. The topological polar surface area (TPSA) is 93.3 Å². The van der Waals surface area contributed by atoms with Crippen LogP contribution in [0.4, 0.5) is 0 Å². The third-order valence-electron chi connectivity index (χ3n) is 3.85. The van der Waals surface area contributed by atoms with E-state index in [1.807, 2.05) is 0 Å². The van der Waals surface area contributed by atoms with Gasteiger partial charge in [-0.05, 0) is 25.7 Å². The number of sulfone groups is 1. The van der Waals surface area contributed by atoms with E-state index in [1.54, 1.807) is 0 Å². The molecule has 1 saturated heterocycles. The first-order valence-electron chi connectivity index (χ1n) is 6.27. The molecule has 0 aromatic carbocycles. The smallest absolute Gasteiger partial charge is 0.232 e. The van der Waals surface area contributed by atoms with Gasteiger partial charge in [0.05, 0.1) is 23.5 Å². The first-order valence-corrected chi connectivity index (χ1v) is 8.09. The van der Waals surface area contributed by atoms with Crippen LogP contribution in [0.2, 0.25) is 0 Å².